The van der Waals surface area contributed by atoms with Crippen LogP contribution in [0.5, 0.6) is 0 Å². The largest absolute Gasteiger partial charge is 0.479 e. The highest BCUT2D eigenvalue weighted by Gasteiger charge is 2.37. The number of rotatable bonds is 6. The van der Waals surface area contributed by atoms with Crippen molar-refractivity contribution in [3.8, 4) is 6.07 Å². The van der Waals surface area contributed by atoms with Crippen LogP contribution in [0.4, 0.5) is 4.79 Å². The third-order valence-electron chi connectivity index (χ3n) is 3.30. The Morgan fingerprint density at radius 2 is 2.00 bits per heavy atom. The van der Waals surface area contributed by atoms with Crippen molar-refractivity contribution in [1.29, 1.82) is 5.26 Å². The number of nitrogens with one attached hydrogen (secondary N) is 1. The first-order valence-corrected chi connectivity index (χ1v) is 6.68. The minimum absolute atomic E-state index is 0.205. The SMILES string of the molecule is CCN(CCC#N)C(=O)NC(C)(C(=O)O)c1ccccc1. The lowest BCUT2D eigenvalue weighted by atomic mass is 9.92. The molecule has 0 saturated heterocycles. The van der Waals surface area contributed by atoms with Crippen LogP contribution < -0.4 is 5.32 Å². The summed E-state index contributed by atoms with van der Waals surface area (Å²) in [6, 6.07) is 9.99. The molecule has 0 saturated carbocycles. The molecule has 1 atom stereocenters. The van der Waals surface area contributed by atoms with Gasteiger partial charge in [-0.1, -0.05) is 30.3 Å². The molecule has 2 N–H and O–H groups in total. The van der Waals surface area contributed by atoms with Gasteiger partial charge in [0.15, 0.2) is 5.54 Å². The molecular formula is C15H19N3O3. The Bertz CT molecular complexity index is 539. The molecule has 1 unspecified atom stereocenters. The van der Waals surface area contributed by atoms with Crippen LogP contribution in [0.2, 0.25) is 0 Å². The molecule has 0 fully saturated rings. The lowest BCUT2D eigenvalue weighted by Crippen LogP contribution is -2.54. The number of aliphatic carboxylic acids is 1. The molecule has 0 aliphatic carbocycles. The van der Waals surface area contributed by atoms with Crippen LogP contribution in [0, 0.1) is 11.3 Å². The summed E-state index contributed by atoms with van der Waals surface area (Å²) in [6.45, 7) is 3.89. The third kappa shape index (κ3) is 3.96. The van der Waals surface area contributed by atoms with E-state index in [2.05, 4.69) is 5.32 Å². The molecule has 0 spiro atoms. The number of carbonyl (C=O) groups is 2. The highest BCUT2D eigenvalue weighted by Crippen LogP contribution is 2.21. The van der Waals surface area contributed by atoms with Gasteiger partial charge in [-0.15, -0.1) is 0 Å². The summed E-state index contributed by atoms with van der Waals surface area (Å²) in [5, 5.41) is 20.6. The summed E-state index contributed by atoms with van der Waals surface area (Å²) >= 11 is 0. The van der Waals surface area contributed by atoms with Crippen LogP contribution in [0.15, 0.2) is 30.3 Å². The average molecular weight is 289 g/mol. The van der Waals surface area contributed by atoms with E-state index in [1.54, 1.807) is 37.3 Å². The Kier molecular flexibility index (Phi) is 5.73. The van der Waals surface area contributed by atoms with E-state index in [4.69, 9.17) is 5.26 Å². The van der Waals surface area contributed by atoms with E-state index in [1.165, 1.54) is 11.8 Å². The fourth-order valence-corrected chi connectivity index (χ4v) is 1.90. The quantitative estimate of drug-likeness (QED) is 0.836. The first-order valence-electron chi connectivity index (χ1n) is 6.68. The van der Waals surface area contributed by atoms with E-state index in [-0.39, 0.29) is 13.0 Å². The zero-order valence-electron chi connectivity index (χ0n) is 12.2. The van der Waals surface area contributed by atoms with Crippen molar-refractivity contribution in [1.82, 2.24) is 10.2 Å². The van der Waals surface area contributed by atoms with Crippen LogP contribution in [-0.4, -0.2) is 35.1 Å². The Morgan fingerprint density at radius 1 is 1.38 bits per heavy atom. The Balaban J connectivity index is 2.96. The van der Waals surface area contributed by atoms with Crippen molar-refractivity contribution in [2.45, 2.75) is 25.8 Å². The topological polar surface area (TPSA) is 93.4 Å². The second kappa shape index (κ2) is 7.29. The number of benzene rings is 1. The molecule has 1 rings (SSSR count). The van der Waals surface area contributed by atoms with Crippen molar-refractivity contribution in [3.05, 3.63) is 35.9 Å². The first kappa shape index (κ1) is 16.5. The highest BCUT2D eigenvalue weighted by molar-refractivity contribution is 5.87. The summed E-state index contributed by atoms with van der Waals surface area (Å²) in [6.07, 6.45) is 0.205. The Hall–Kier alpha value is -2.55. The maximum absolute atomic E-state index is 12.2. The molecule has 0 aromatic heterocycles. The summed E-state index contributed by atoms with van der Waals surface area (Å²) in [7, 11) is 0. The zero-order valence-corrected chi connectivity index (χ0v) is 12.2. The number of carboxylic acid groups (broad SMARTS) is 1. The molecular weight excluding hydrogens is 270 g/mol. The van der Waals surface area contributed by atoms with Crippen LogP contribution >= 0.6 is 0 Å². The zero-order chi connectivity index (χ0) is 15.9. The summed E-state index contributed by atoms with van der Waals surface area (Å²) in [5.74, 6) is -1.14. The molecule has 0 aliphatic heterocycles. The number of carboxylic acids is 1. The molecule has 0 aliphatic rings. The number of hydrogen-bond donors (Lipinski definition) is 2. The Labute approximate surface area is 124 Å². The standard InChI is InChI=1S/C15H19N3O3/c1-3-18(11-7-10-16)14(21)17-15(2,13(19)20)12-8-5-4-6-9-12/h4-6,8-9H,3,7,11H2,1-2H3,(H,17,21)(H,19,20). The molecule has 0 bridgehead atoms. The minimum atomic E-state index is -1.52. The van der Waals surface area contributed by atoms with Gasteiger partial charge in [0, 0.05) is 13.1 Å². The molecule has 0 heterocycles. The van der Waals surface area contributed by atoms with E-state index in [0.717, 1.165) is 0 Å². The summed E-state index contributed by atoms with van der Waals surface area (Å²) in [4.78, 5) is 25.2. The highest BCUT2D eigenvalue weighted by atomic mass is 16.4. The van der Waals surface area contributed by atoms with Crippen molar-refractivity contribution in [2.75, 3.05) is 13.1 Å². The lowest BCUT2D eigenvalue weighted by Gasteiger charge is -2.30. The number of nitrogens with zero attached hydrogens (tertiary/aromatic N) is 2. The van der Waals surface area contributed by atoms with Crippen molar-refractivity contribution in [3.63, 3.8) is 0 Å². The smallest absolute Gasteiger partial charge is 0.333 e. The maximum atomic E-state index is 12.2. The second-order valence-corrected chi connectivity index (χ2v) is 4.71. The molecule has 21 heavy (non-hydrogen) atoms. The number of nitriles is 1. The third-order valence-corrected chi connectivity index (χ3v) is 3.30. The number of carbonyl (C=O) groups excluding carboxylic acids is 1. The van der Waals surface area contributed by atoms with Crippen LogP contribution in [0.25, 0.3) is 0 Å². The Morgan fingerprint density at radius 3 is 2.48 bits per heavy atom. The van der Waals surface area contributed by atoms with Gasteiger partial charge in [-0.3, -0.25) is 0 Å². The van der Waals surface area contributed by atoms with Gasteiger partial charge in [0.05, 0.1) is 12.5 Å². The van der Waals surface area contributed by atoms with Crippen molar-refractivity contribution < 1.29 is 14.7 Å². The van der Waals surface area contributed by atoms with Gasteiger partial charge in [0.25, 0.3) is 0 Å². The van der Waals surface area contributed by atoms with Gasteiger partial charge in [0.2, 0.25) is 0 Å². The minimum Gasteiger partial charge on any atom is -0.479 e. The molecule has 112 valence electrons. The van der Waals surface area contributed by atoms with Crippen molar-refractivity contribution in [2.24, 2.45) is 0 Å². The van der Waals surface area contributed by atoms with E-state index in [1.807, 2.05) is 6.07 Å². The van der Waals surface area contributed by atoms with Gasteiger partial charge in [-0.05, 0) is 19.4 Å². The molecule has 0 radical (unpaired) electrons. The molecule has 6 nitrogen and oxygen atoms in total. The normalized spacial score (nSPS) is 12.8. The lowest BCUT2D eigenvalue weighted by molar-refractivity contribution is -0.144. The predicted molar refractivity (Wildman–Crippen MR) is 77.4 cm³/mol. The van der Waals surface area contributed by atoms with E-state index in [9.17, 15) is 14.7 Å². The van der Waals surface area contributed by atoms with E-state index < -0.39 is 17.5 Å². The number of urea groups is 1. The van der Waals surface area contributed by atoms with E-state index >= 15 is 0 Å². The van der Waals surface area contributed by atoms with Gasteiger partial charge < -0.3 is 15.3 Å². The molecule has 6 heteroatoms. The summed E-state index contributed by atoms with van der Waals surface area (Å²) < 4.78 is 0. The molecule has 1 aromatic carbocycles. The second-order valence-electron chi connectivity index (χ2n) is 4.71. The average Bonchev–Trinajstić information content (AvgIpc) is 2.48. The number of amides is 2. The monoisotopic (exact) mass is 289 g/mol. The number of hydrogen-bond acceptors (Lipinski definition) is 3. The van der Waals surface area contributed by atoms with Crippen LogP contribution in [0.3, 0.4) is 0 Å². The van der Waals surface area contributed by atoms with E-state index in [0.29, 0.717) is 12.1 Å². The van der Waals surface area contributed by atoms with Gasteiger partial charge >= 0.3 is 12.0 Å². The fraction of sp³-hybridized carbons (Fsp3) is 0.400. The van der Waals surface area contributed by atoms with Crippen molar-refractivity contribution >= 4 is 12.0 Å². The molecule has 1 aromatic rings. The van der Waals surface area contributed by atoms with Gasteiger partial charge in [0.1, 0.15) is 0 Å². The predicted octanol–water partition coefficient (Wildman–Crippen LogP) is 1.93. The molecule has 2 amide bonds. The maximum Gasteiger partial charge on any atom is 0.333 e. The first-order chi connectivity index (χ1) is 9.95. The van der Waals surface area contributed by atoms with Crippen LogP contribution in [-0.2, 0) is 10.3 Å². The van der Waals surface area contributed by atoms with Gasteiger partial charge in [-0.25, -0.2) is 9.59 Å². The fourth-order valence-electron chi connectivity index (χ4n) is 1.90. The van der Waals surface area contributed by atoms with Gasteiger partial charge in [-0.2, -0.15) is 5.26 Å². The van der Waals surface area contributed by atoms with Crippen LogP contribution in [0.1, 0.15) is 25.8 Å². The summed E-state index contributed by atoms with van der Waals surface area (Å²) in [5.41, 5.74) is -1.03.